The molecule has 1 unspecified atom stereocenters. The first-order chi connectivity index (χ1) is 9.56. The van der Waals surface area contributed by atoms with Gasteiger partial charge in [0, 0.05) is 41.4 Å². The average molecular weight is 358 g/mol. The van der Waals surface area contributed by atoms with Gasteiger partial charge in [0.05, 0.1) is 13.2 Å². The molecular weight excluding hydrogens is 338 g/mol. The van der Waals surface area contributed by atoms with Gasteiger partial charge < -0.3 is 15.8 Å². The largest absolute Gasteiger partial charge is 0.389 e. The molecule has 1 aromatic rings. The standard InChI is InChI=1S/C14H20BrN3OS/c1-10(9-18-4-6-19-7-5-18)17-13-3-2-11(15)8-12(13)14(16)20/h2-3,8,10,17H,4-7,9H2,1H3,(H2,16,20). The van der Waals surface area contributed by atoms with E-state index in [2.05, 4.69) is 33.1 Å². The minimum Gasteiger partial charge on any atom is -0.389 e. The van der Waals surface area contributed by atoms with Crippen molar-refractivity contribution in [2.24, 2.45) is 5.73 Å². The van der Waals surface area contributed by atoms with Gasteiger partial charge in [0.2, 0.25) is 0 Å². The van der Waals surface area contributed by atoms with Crippen LogP contribution in [-0.2, 0) is 4.74 Å². The van der Waals surface area contributed by atoms with E-state index in [1.165, 1.54) is 0 Å². The second-order valence-electron chi connectivity index (χ2n) is 5.01. The van der Waals surface area contributed by atoms with Gasteiger partial charge in [-0.2, -0.15) is 0 Å². The number of nitrogens with one attached hydrogen (secondary N) is 1. The fraction of sp³-hybridized carbons (Fsp3) is 0.500. The van der Waals surface area contributed by atoms with Crippen LogP contribution in [0, 0.1) is 0 Å². The van der Waals surface area contributed by atoms with Crippen molar-refractivity contribution in [1.82, 2.24) is 4.90 Å². The molecule has 3 N–H and O–H groups in total. The highest BCUT2D eigenvalue weighted by Gasteiger charge is 2.15. The molecule has 0 aromatic heterocycles. The van der Waals surface area contributed by atoms with E-state index in [1.807, 2.05) is 18.2 Å². The normalized spacial score (nSPS) is 17.7. The molecule has 1 fully saturated rings. The number of thiocarbonyl (C=S) groups is 1. The van der Waals surface area contributed by atoms with Gasteiger partial charge in [-0.3, -0.25) is 4.90 Å². The zero-order valence-corrected chi connectivity index (χ0v) is 14.0. The molecular formula is C14H20BrN3OS. The number of anilines is 1. The molecule has 1 aromatic carbocycles. The molecule has 20 heavy (non-hydrogen) atoms. The van der Waals surface area contributed by atoms with Crippen molar-refractivity contribution in [1.29, 1.82) is 0 Å². The topological polar surface area (TPSA) is 50.5 Å². The van der Waals surface area contributed by atoms with Gasteiger partial charge in [-0.1, -0.05) is 28.1 Å². The average Bonchev–Trinajstić information content (AvgIpc) is 2.41. The monoisotopic (exact) mass is 357 g/mol. The van der Waals surface area contributed by atoms with Crippen molar-refractivity contribution < 1.29 is 4.74 Å². The summed E-state index contributed by atoms with van der Waals surface area (Å²) >= 11 is 8.56. The second-order valence-corrected chi connectivity index (χ2v) is 6.37. The van der Waals surface area contributed by atoms with E-state index in [0.29, 0.717) is 11.0 Å². The number of morpholine rings is 1. The third kappa shape index (κ3) is 4.41. The molecule has 4 nitrogen and oxygen atoms in total. The highest BCUT2D eigenvalue weighted by Crippen LogP contribution is 2.22. The number of hydrogen-bond donors (Lipinski definition) is 2. The second kappa shape index (κ2) is 7.36. The Morgan fingerprint density at radius 1 is 1.50 bits per heavy atom. The molecule has 0 amide bonds. The number of nitrogens with zero attached hydrogens (tertiary/aromatic N) is 1. The summed E-state index contributed by atoms with van der Waals surface area (Å²) in [5, 5.41) is 3.50. The highest BCUT2D eigenvalue weighted by atomic mass is 79.9. The van der Waals surface area contributed by atoms with E-state index in [-0.39, 0.29) is 0 Å². The molecule has 1 atom stereocenters. The molecule has 0 bridgehead atoms. The van der Waals surface area contributed by atoms with Crippen molar-refractivity contribution in [2.45, 2.75) is 13.0 Å². The third-order valence-electron chi connectivity index (χ3n) is 3.28. The summed E-state index contributed by atoms with van der Waals surface area (Å²) < 4.78 is 6.34. The summed E-state index contributed by atoms with van der Waals surface area (Å²) in [5.41, 5.74) is 7.65. The summed E-state index contributed by atoms with van der Waals surface area (Å²) in [7, 11) is 0. The first kappa shape index (κ1) is 15.7. The SMILES string of the molecule is CC(CN1CCOCC1)Nc1ccc(Br)cc1C(N)=S. The Labute approximate surface area is 133 Å². The molecule has 110 valence electrons. The van der Waals surface area contributed by atoms with Crippen LogP contribution in [0.25, 0.3) is 0 Å². The Morgan fingerprint density at radius 3 is 2.85 bits per heavy atom. The molecule has 2 rings (SSSR count). The molecule has 0 aliphatic carbocycles. The van der Waals surface area contributed by atoms with E-state index < -0.39 is 0 Å². The molecule has 1 saturated heterocycles. The molecule has 6 heteroatoms. The lowest BCUT2D eigenvalue weighted by atomic mass is 10.1. The van der Waals surface area contributed by atoms with Crippen LogP contribution in [0.15, 0.2) is 22.7 Å². The van der Waals surface area contributed by atoms with Crippen LogP contribution in [-0.4, -0.2) is 48.8 Å². The molecule has 1 aliphatic rings. The van der Waals surface area contributed by atoms with Crippen LogP contribution in [0.4, 0.5) is 5.69 Å². The van der Waals surface area contributed by atoms with Crippen molar-refractivity contribution >= 4 is 38.8 Å². The summed E-state index contributed by atoms with van der Waals surface area (Å²) in [6.45, 7) is 6.78. The lowest BCUT2D eigenvalue weighted by molar-refractivity contribution is 0.0368. The van der Waals surface area contributed by atoms with Crippen molar-refractivity contribution in [3.05, 3.63) is 28.2 Å². The van der Waals surface area contributed by atoms with Gasteiger partial charge in [-0.05, 0) is 25.1 Å². The zero-order valence-electron chi connectivity index (χ0n) is 11.6. The number of ether oxygens (including phenoxy) is 1. The Morgan fingerprint density at radius 2 is 2.20 bits per heavy atom. The van der Waals surface area contributed by atoms with Gasteiger partial charge in [-0.15, -0.1) is 0 Å². The van der Waals surface area contributed by atoms with Crippen molar-refractivity contribution in [3.63, 3.8) is 0 Å². The predicted molar refractivity (Wildman–Crippen MR) is 90.4 cm³/mol. The van der Waals surface area contributed by atoms with Gasteiger partial charge >= 0.3 is 0 Å². The van der Waals surface area contributed by atoms with Crippen molar-refractivity contribution in [2.75, 3.05) is 38.2 Å². The maximum Gasteiger partial charge on any atom is 0.106 e. The zero-order chi connectivity index (χ0) is 14.5. The number of hydrogen-bond acceptors (Lipinski definition) is 4. The minimum absolute atomic E-state index is 0.322. The third-order valence-corrected chi connectivity index (χ3v) is 4.00. The molecule has 1 heterocycles. The number of rotatable bonds is 5. The maximum absolute atomic E-state index is 5.79. The first-order valence-corrected chi connectivity index (χ1v) is 7.92. The lowest BCUT2D eigenvalue weighted by Crippen LogP contribution is -2.42. The van der Waals surface area contributed by atoms with Crippen molar-refractivity contribution in [3.8, 4) is 0 Å². The van der Waals surface area contributed by atoms with Crippen LogP contribution in [0.1, 0.15) is 12.5 Å². The van der Waals surface area contributed by atoms with Gasteiger partial charge in [0.15, 0.2) is 0 Å². The smallest absolute Gasteiger partial charge is 0.106 e. The Hall–Kier alpha value is -0.690. The highest BCUT2D eigenvalue weighted by molar-refractivity contribution is 9.10. The lowest BCUT2D eigenvalue weighted by Gasteiger charge is -2.30. The Balaban J connectivity index is 1.99. The molecule has 0 spiro atoms. The van der Waals surface area contributed by atoms with E-state index in [9.17, 15) is 0 Å². The molecule has 1 aliphatic heterocycles. The van der Waals surface area contributed by atoms with Crippen LogP contribution >= 0.6 is 28.1 Å². The molecule has 0 saturated carbocycles. The van der Waals surface area contributed by atoms with Crippen LogP contribution in [0.3, 0.4) is 0 Å². The summed E-state index contributed by atoms with van der Waals surface area (Å²) in [6, 6.07) is 6.27. The number of benzene rings is 1. The van der Waals surface area contributed by atoms with Gasteiger partial charge in [0.25, 0.3) is 0 Å². The van der Waals surface area contributed by atoms with E-state index >= 15 is 0 Å². The van der Waals surface area contributed by atoms with Gasteiger partial charge in [-0.25, -0.2) is 0 Å². The minimum atomic E-state index is 0.322. The first-order valence-electron chi connectivity index (χ1n) is 6.72. The number of nitrogens with two attached hydrogens (primary N) is 1. The van der Waals surface area contributed by atoms with Crippen LogP contribution < -0.4 is 11.1 Å². The summed E-state index contributed by atoms with van der Waals surface area (Å²) in [6.07, 6.45) is 0. The maximum atomic E-state index is 5.79. The van der Waals surface area contributed by atoms with Crippen LogP contribution in [0.2, 0.25) is 0 Å². The van der Waals surface area contributed by atoms with Gasteiger partial charge in [0.1, 0.15) is 4.99 Å². The summed E-state index contributed by atoms with van der Waals surface area (Å²) in [5.74, 6) is 0. The van der Waals surface area contributed by atoms with E-state index in [1.54, 1.807) is 0 Å². The predicted octanol–water partition coefficient (Wildman–Crippen LogP) is 2.22. The van der Waals surface area contributed by atoms with Crippen LogP contribution in [0.5, 0.6) is 0 Å². The fourth-order valence-corrected chi connectivity index (χ4v) is 2.86. The fourth-order valence-electron chi connectivity index (χ4n) is 2.33. The molecule has 0 radical (unpaired) electrons. The van der Waals surface area contributed by atoms with E-state index in [4.69, 9.17) is 22.7 Å². The quantitative estimate of drug-likeness (QED) is 0.791. The summed E-state index contributed by atoms with van der Waals surface area (Å²) in [4.78, 5) is 2.81. The Bertz CT molecular complexity index is 477. The van der Waals surface area contributed by atoms with E-state index in [0.717, 1.165) is 48.6 Å². The number of halogens is 1. The Kier molecular flexibility index (Phi) is 5.77.